The first-order valence-electron chi connectivity index (χ1n) is 6.73. The van der Waals surface area contributed by atoms with E-state index in [1.807, 2.05) is 11.9 Å². The van der Waals surface area contributed by atoms with Gasteiger partial charge >= 0.3 is 5.97 Å². The van der Waals surface area contributed by atoms with Crippen molar-refractivity contribution < 1.29 is 14.3 Å². The van der Waals surface area contributed by atoms with Gasteiger partial charge in [0, 0.05) is 18.8 Å². The first kappa shape index (κ1) is 16.3. The minimum absolute atomic E-state index is 0.119. The number of carbonyl (C=O) groups is 2. The number of thioether (sulfide) groups is 1. The van der Waals surface area contributed by atoms with E-state index in [0.717, 1.165) is 12.8 Å². The lowest BCUT2D eigenvalue weighted by Gasteiger charge is -2.31. The lowest BCUT2D eigenvalue weighted by molar-refractivity contribution is -0.141. The highest BCUT2D eigenvalue weighted by molar-refractivity contribution is 8.00. The number of amides is 1. The maximum absolute atomic E-state index is 12.0. The fraction of sp³-hybridized carbons (Fsp3) is 0.846. The molecule has 1 aliphatic carbocycles. The number of nitrogens with zero attached hydrogens (tertiary/aromatic N) is 1. The molecule has 0 saturated heterocycles. The molecule has 0 bridgehead atoms. The zero-order valence-corrected chi connectivity index (χ0v) is 12.6. The number of nitrogens with two attached hydrogens (primary N) is 1. The van der Waals surface area contributed by atoms with E-state index >= 15 is 0 Å². The zero-order valence-electron chi connectivity index (χ0n) is 11.8. The Hall–Kier alpha value is -0.750. The van der Waals surface area contributed by atoms with Gasteiger partial charge in [-0.15, -0.1) is 11.8 Å². The molecule has 0 aromatic rings. The van der Waals surface area contributed by atoms with Gasteiger partial charge in [-0.1, -0.05) is 19.3 Å². The summed E-state index contributed by atoms with van der Waals surface area (Å²) in [5.41, 5.74) is 5.61. The number of hydrogen-bond acceptors (Lipinski definition) is 5. The van der Waals surface area contributed by atoms with Crippen molar-refractivity contribution in [3.63, 3.8) is 0 Å². The monoisotopic (exact) mass is 288 g/mol. The molecule has 0 heterocycles. The molecule has 0 aromatic heterocycles. The van der Waals surface area contributed by atoms with Crippen LogP contribution in [0.4, 0.5) is 0 Å². The summed E-state index contributed by atoms with van der Waals surface area (Å²) in [6, 6.07) is -0.265. The average Bonchev–Trinajstić information content (AvgIpc) is 2.46. The van der Waals surface area contributed by atoms with E-state index < -0.39 is 12.0 Å². The van der Waals surface area contributed by atoms with Crippen molar-refractivity contribution in [3.8, 4) is 0 Å². The third kappa shape index (κ3) is 5.40. The summed E-state index contributed by atoms with van der Waals surface area (Å²) in [6.07, 6.45) is 5.91. The Bertz CT molecular complexity index is 306. The molecule has 19 heavy (non-hydrogen) atoms. The average molecular weight is 288 g/mol. The Morgan fingerprint density at radius 2 is 2.00 bits per heavy atom. The molecule has 1 rings (SSSR count). The van der Waals surface area contributed by atoms with Crippen LogP contribution in [0.5, 0.6) is 0 Å². The van der Waals surface area contributed by atoms with Crippen molar-refractivity contribution in [1.82, 2.24) is 4.90 Å². The molecular formula is C13H24N2O3S. The van der Waals surface area contributed by atoms with Crippen molar-refractivity contribution >= 4 is 23.6 Å². The smallest absolute Gasteiger partial charge is 0.323 e. The number of rotatable bonds is 6. The molecule has 1 fully saturated rings. The standard InChI is InChI=1S/C13H24N2O3S/c1-15(10-6-4-3-5-7-10)12(16)9-19-8-11(14)13(17)18-2/h10-11H,3-9,14H2,1-2H3. The van der Waals surface area contributed by atoms with Gasteiger partial charge in [-0.05, 0) is 12.8 Å². The highest BCUT2D eigenvalue weighted by Crippen LogP contribution is 2.22. The maximum atomic E-state index is 12.0. The maximum Gasteiger partial charge on any atom is 0.323 e. The molecule has 0 radical (unpaired) electrons. The number of methoxy groups -OCH3 is 1. The highest BCUT2D eigenvalue weighted by Gasteiger charge is 2.22. The molecule has 1 saturated carbocycles. The second-order valence-corrected chi connectivity index (χ2v) is 5.97. The van der Waals surface area contributed by atoms with E-state index in [-0.39, 0.29) is 5.91 Å². The topological polar surface area (TPSA) is 72.6 Å². The van der Waals surface area contributed by atoms with Gasteiger partial charge in [0.25, 0.3) is 0 Å². The minimum Gasteiger partial charge on any atom is -0.468 e. The lowest BCUT2D eigenvalue weighted by atomic mass is 9.94. The summed E-state index contributed by atoms with van der Waals surface area (Å²) in [6.45, 7) is 0. The van der Waals surface area contributed by atoms with Crippen LogP contribution < -0.4 is 5.73 Å². The molecule has 2 N–H and O–H groups in total. The van der Waals surface area contributed by atoms with Crippen LogP contribution in [0.25, 0.3) is 0 Å². The minimum atomic E-state index is -0.650. The van der Waals surface area contributed by atoms with E-state index in [1.54, 1.807) is 0 Å². The van der Waals surface area contributed by atoms with Gasteiger partial charge in [0.05, 0.1) is 12.9 Å². The predicted molar refractivity (Wildman–Crippen MR) is 77.0 cm³/mol. The fourth-order valence-corrected chi connectivity index (χ4v) is 3.15. The summed E-state index contributed by atoms with van der Waals surface area (Å²) < 4.78 is 4.54. The molecule has 0 aliphatic heterocycles. The molecule has 0 aromatic carbocycles. The molecule has 0 spiro atoms. The van der Waals surface area contributed by atoms with Crippen LogP contribution in [0.15, 0.2) is 0 Å². The van der Waals surface area contributed by atoms with Gasteiger partial charge in [0.1, 0.15) is 6.04 Å². The molecule has 1 amide bonds. The van der Waals surface area contributed by atoms with E-state index in [4.69, 9.17) is 5.73 Å². The second kappa shape index (κ2) is 8.43. The van der Waals surface area contributed by atoms with Crippen molar-refractivity contribution in [2.24, 2.45) is 5.73 Å². The van der Waals surface area contributed by atoms with Crippen LogP contribution in [0.3, 0.4) is 0 Å². The number of esters is 1. The number of ether oxygens (including phenoxy) is 1. The van der Waals surface area contributed by atoms with Gasteiger partial charge in [-0.3, -0.25) is 9.59 Å². The molecule has 1 unspecified atom stereocenters. The Labute approximate surface area is 119 Å². The second-order valence-electron chi connectivity index (χ2n) is 4.94. The largest absolute Gasteiger partial charge is 0.468 e. The highest BCUT2D eigenvalue weighted by atomic mass is 32.2. The third-order valence-electron chi connectivity index (χ3n) is 3.54. The predicted octanol–water partition coefficient (Wildman–Crippen LogP) is 1.01. The fourth-order valence-electron chi connectivity index (χ4n) is 2.27. The molecule has 5 nitrogen and oxygen atoms in total. The molecule has 1 atom stereocenters. The van der Waals surface area contributed by atoms with E-state index in [1.165, 1.54) is 38.1 Å². The summed E-state index contributed by atoms with van der Waals surface area (Å²) in [7, 11) is 3.19. The van der Waals surface area contributed by atoms with E-state index in [9.17, 15) is 9.59 Å². The van der Waals surface area contributed by atoms with Gasteiger partial charge < -0.3 is 15.4 Å². The quantitative estimate of drug-likeness (QED) is 0.739. The Morgan fingerprint density at radius 1 is 1.37 bits per heavy atom. The Morgan fingerprint density at radius 3 is 2.58 bits per heavy atom. The molecular weight excluding hydrogens is 264 g/mol. The van der Waals surface area contributed by atoms with Crippen molar-refractivity contribution in [3.05, 3.63) is 0 Å². The first-order valence-corrected chi connectivity index (χ1v) is 7.88. The normalized spacial score (nSPS) is 17.8. The summed E-state index contributed by atoms with van der Waals surface area (Å²) >= 11 is 1.39. The summed E-state index contributed by atoms with van der Waals surface area (Å²) in [5.74, 6) is 0.476. The van der Waals surface area contributed by atoms with Gasteiger partial charge in [-0.25, -0.2) is 0 Å². The number of carbonyl (C=O) groups excluding carboxylic acids is 2. The van der Waals surface area contributed by atoms with Crippen LogP contribution in [0, 0.1) is 0 Å². The number of hydrogen-bond donors (Lipinski definition) is 1. The van der Waals surface area contributed by atoms with Crippen molar-refractivity contribution in [2.45, 2.75) is 44.2 Å². The summed E-state index contributed by atoms with van der Waals surface area (Å²) in [5, 5.41) is 0. The van der Waals surface area contributed by atoms with E-state index in [0.29, 0.717) is 17.5 Å². The van der Waals surface area contributed by atoms with Crippen LogP contribution >= 0.6 is 11.8 Å². The van der Waals surface area contributed by atoms with Crippen LogP contribution in [-0.4, -0.2) is 54.5 Å². The SMILES string of the molecule is COC(=O)C(N)CSCC(=O)N(C)C1CCCCC1. The Balaban J connectivity index is 2.24. The summed E-state index contributed by atoms with van der Waals surface area (Å²) in [4.78, 5) is 25.0. The molecule has 110 valence electrons. The van der Waals surface area contributed by atoms with Crippen molar-refractivity contribution in [1.29, 1.82) is 0 Å². The molecule has 6 heteroatoms. The first-order chi connectivity index (χ1) is 9.06. The third-order valence-corrected chi connectivity index (χ3v) is 4.59. The van der Waals surface area contributed by atoms with Crippen LogP contribution in [0.1, 0.15) is 32.1 Å². The zero-order chi connectivity index (χ0) is 14.3. The lowest BCUT2D eigenvalue weighted by Crippen LogP contribution is -2.40. The van der Waals surface area contributed by atoms with Crippen molar-refractivity contribution in [2.75, 3.05) is 25.7 Å². The van der Waals surface area contributed by atoms with E-state index in [2.05, 4.69) is 4.74 Å². The van der Waals surface area contributed by atoms with Crippen LogP contribution in [0.2, 0.25) is 0 Å². The van der Waals surface area contributed by atoms with Gasteiger partial charge in [0.15, 0.2) is 0 Å². The van der Waals surface area contributed by atoms with Gasteiger partial charge in [0.2, 0.25) is 5.91 Å². The Kier molecular flexibility index (Phi) is 7.23. The van der Waals surface area contributed by atoms with Gasteiger partial charge in [-0.2, -0.15) is 0 Å². The van der Waals surface area contributed by atoms with Crippen LogP contribution in [-0.2, 0) is 14.3 Å². The molecule has 1 aliphatic rings.